The van der Waals surface area contributed by atoms with E-state index < -0.39 is 11.6 Å². The van der Waals surface area contributed by atoms with Crippen LogP contribution in [0.1, 0.15) is 49.6 Å². The van der Waals surface area contributed by atoms with Crippen LogP contribution in [-0.4, -0.2) is 56.6 Å². The molecule has 1 aromatic rings. The van der Waals surface area contributed by atoms with Gasteiger partial charge in [-0.15, -0.1) is 0 Å². The van der Waals surface area contributed by atoms with Crippen molar-refractivity contribution in [3.05, 3.63) is 17.0 Å². The van der Waals surface area contributed by atoms with Gasteiger partial charge in [0.2, 0.25) is 5.91 Å². The fourth-order valence-corrected chi connectivity index (χ4v) is 4.27. The third-order valence-electron chi connectivity index (χ3n) is 6.27. The molecule has 0 radical (unpaired) electrons. The molecule has 3 rings (SSSR count). The number of nitrogens with one attached hydrogen (secondary N) is 1. The van der Waals surface area contributed by atoms with Crippen molar-refractivity contribution in [2.24, 2.45) is 13.0 Å². The van der Waals surface area contributed by atoms with Gasteiger partial charge >= 0.3 is 6.03 Å². The van der Waals surface area contributed by atoms with Crippen molar-refractivity contribution in [3.63, 3.8) is 0 Å². The van der Waals surface area contributed by atoms with Crippen molar-refractivity contribution in [2.45, 2.75) is 58.5 Å². The van der Waals surface area contributed by atoms with Crippen LogP contribution in [0.25, 0.3) is 0 Å². The Bertz CT molecular complexity index is 787. The summed E-state index contributed by atoms with van der Waals surface area (Å²) in [6.45, 7) is 6.04. The minimum Gasteiger partial charge on any atom is -0.340 e. The van der Waals surface area contributed by atoms with Gasteiger partial charge < -0.3 is 10.2 Å². The Morgan fingerprint density at radius 2 is 2.04 bits per heavy atom. The van der Waals surface area contributed by atoms with Crippen LogP contribution < -0.4 is 5.32 Å². The van der Waals surface area contributed by atoms with Crippen LogP contribution in [0.3, 0.4) is 0 Å². The Labute approximate surface area is 159 Å². The van der Waals surface area contributed by atoms with Crippen LogP contribution in [0.15, 0.2) is 0 Å². The third-order valence-corrected chi connectivity index (χ3v) is 6.27. The molecule has 2 aliphatic rings. The van der Waals surface area contributed by atoms with Crippen molar-refractivity contribution >= 4 is 17.8 Å². The van der Waals surface area contributed by atoms with E-state index in [0.29, 0.717) is 13.0 Å². The molecule has 0 bridgehead atoms. The molecular weight excluding hydrogens is 346 g/mol. The van der Waals surface area contributed by atoms with Gasteiger partial charge in [0.15, 0.2) is 0 Å². The number of imide groups is 1. The van der Waals surface area contributed by atoms with Gasteiger partial charge in [-0.1, -0.05) is 19.8 Å². The molecule has 2 fully saturated rings. The number of hydrogen-bond donors (Lipinski definition) is 1. The van der Waals surface area contributed by atoms with Gasteiger partial charge in [-0.2, -0.15) is 5.10 Å². The summed E-state index contributed by atoms with van der Waals surface area (Å²) in [6, 6.07) is -0.454. The lowest BCUT2D eigenvalue weighted by atomic mass is 9.73. The topological polar surface area (TPSA) is 87.5 Å². The minimum atomic E-state index is -0.829. The van der Waals surface area contributed by atoms with Crippen molar-refractivity contribution in [1.29, 1.82) is 0 Å². The van der Waals surface area contributed by atoms with E-state index in [1.165, 1.54) is 0 Å². The smallest absolute Gasteiger partial charge is 0.325 e. The lowest BCUT2D eigenvalue weighted by Gasteiger charge is -2.36. The normalized spacial score (nSPS) is 25.2. The van der Waals surface area contributed by atoms with E-state index in [9.17, 15) is 14.4 Å². The monoisotopic (exact) mass is 375 g/mol. The zero-order valence-electron chi connectivity index (χ0n) is 16.8. The zero-order valence-corrected chi connectivity index (χ0v) is 16.8. The van der Waals surface area contributed by atoms with Crippen molar-refractivity contribution < 1.29 is 14.4 Å². The van der Waals surface area contributed by atoms with E-state index >= 15 is 0 Å². The molecule has 1 aliphatic heterocycles. The molecule has 1 N–H and O–H groups in total. The highest BCUT2D eigenvalue weighted by Crippen LogP contribution is 2.38. The maximum Gasteiger partial charge on any atom is 0.325 e. The Balaban J connectivity index is 1.70. The van der Waals surface area contributed by atoms with Gasteiger partial charge in [0.05, 0.1) is 5.69 Å². The molecule has 1 aliphatic carbocycles. The maximum atomic E-state index is 13.0. The molecule has 27 heavy (non-hydrogen) atoms. The summed E-state index contributed by atoms with van der Waals surface area (Å²) in [5.41, 5.74) is 2.03. The first-order valence-corrected chi connectivity index (χ1v) is 9.54. The molecule has 0 aromatic carbocycles. The summed E-state index contributed by atoms with van der Waals surface area (Å²) in [6.07, 6.45) is 3.54. The fraction of sp³-hybridized carbons (Fsp3) is 0.684. The van der Waals surface area contributed by atoms with Crippen LogP contribution in [0.5, 0.6) is 0 Å². The molecule has 1 spiro atoms. The van der Waals surface area contributed by atoms with Gasteiger partial charge in [-0.3, -0.25) is 19.2 Å². The summed E-state index contributed by atoms with van der Waals surface area (Å²) in [4.78, 5) is 40.8. The lowest BCUT2D eigenvalue weighted by Crippen LogP contribution is -2.54. The molecule has 2 heterocycles. The number of rotatable bonds is 4. The highest BCUT2D eigenvalue weighted by Gasteiger charge is 2.55. The molecule has 8 nitrogen and oxygen atoms in total. The number of urea groups is 1. The van der Waals surface area contributed by atoms with Gasteiger partial charge in [-0.25, -0.2) is 4.79 Å². The number of carbonyl (C=O) groups excluding carboxylic acids is 3. The minimum absolute atomic E-state index is 0.0845. The first-order chi connectivity index (χ1) is 12.7. The summed E-state index contributed by atoms with van der Waals surface area (Å²) >= 11 is 0. The van der Waals surface area contributed by atoms with Crippen LogP contribution in [-0.2, 0) is 23.2 Å². The average molecular weight is 375 g/mol. The second-order valence-electron chi connectivity index (χ2n) is 7.96. The predicted octanol–water partition coefficient (Wildman–Crippen LogP) is 1.50. The van der Waals surface area contributed by atoms with Crippen LogP contribution in [0.4, 0.5) is 4.79 Å². The Morgan fingerprint density at radius 3 is 2.63 bits per heavy atom. The van der Waals surface area contributed by atoms with E-state index in [1.807, 2.05) is 27.8 Å². The molecule has 1 saturated carbocycles. The van der Waals surface area contributed by atoms with Crippen LogP contribution in [0.2, 0.25) is 0 Å². The number of nitrogens with zero attached hydrogens (tertiary/aromatic N) is 4. The highest BCUT2D eigenvalue weighted by atomic mass is 16.2. The number of aryl methyl sites for hydroxylation is 2. The lowest BCUT2D eigenvalue weighted by molar-refractivity contribution is -0.140. The summed E-state index contributed by atoms with van der Waals surface area (Å²) < 4.78 is 1.79. The summed E-state index contributed by atoms with van der Waals surface area (Å²) in [5.74, 6) is -0.432. The molecule has 0 unspecified atom stereocenters. The third kappa shape index (κ3) is 3.21. The molecule has 1 saturated heterocycles. The van der Waals surface area contributed by atoms with E-state index in [4.69, 9.17) is 0 Å². The molecule has 2 atom stereocenters. The van der Waals surface area contributed by atoms with Crippen LogP contribution >= 0.6 is 0 Å². The molecular formula is C19H29N5O3. The van der Waals surface area contributed by atoms with Crippen LogP contribution in [0, 0.1) is 19.8 Å². The average Bonchev–Trinajstić information content (AvgIpc) is 2.99. The van der Waals surface area contributed by atoms with E-state index in [0.717, 1.165) is 41.1 Å². The predicted molar refractivity (Wildman–Crippen MR) is 99.8 cm³/mol. The van der Waals surface area contributed by atoms with Gasteiger partial charge in [-0.05, 0) is 32.6 Å². The Hall–Kier alpha value is -2.38. The van der Waals surface area contributed by atoms with Crippen molar-refractivity contribution in [1.82, 2.24) is 24.9 Å². The van der Waals surface area contributed by atoms with E-state index in [1.54, 1.807) is 16.6 Å². The number of amides is 4. The number of likely N-dealkylation sites (N-methyl/N-ethyl adjacent to an activating group) is 1. The molecule has 1 aromatic heterocycles. The van der Waals surface area contributed by atoms with Gasteiger partial charge in [0, 0.05) is 31.9 Å². The maximum absolute atomic E-state index is 13.0. The number of carbonyl (C=O) groups is 3. The molecule has 8 heteroatoms. The van der Waals surface area contributed by atoms with Crippen molar-refractivity contribution in [2.75, 3.05) is 13.6 Å². The van der Waals surface area contributed by atoms with Gasteiger partial charge in [0.25, 0.3) is 5.91 Å². The highest BCUT2D eigenvalue weighted by molar-refractivity contribution is 6.09. The molecule has 148 valence electrons. The van der Waals surface area contributed by atoms with Gasteiger partial charge in [0.1, 0.15) is 12.1 Å². The first-order valence-electron chi connectivity index (χ1n) is 9.54. The number of hydrogen-bond acceptors (Lipinski definition) is 4. The fourth-order valence-electron chi connectivity index (χ4n) is 4.27. The number of aromatic nitrogens is 2. The molecule has 4 amide bonds. The first kappa shape index (κ1) is 19.4. The Kier molecular flexibility index (Phi) is 5.01. The van der Waals surface area contributed by atoms with E-state index in [2.05, 4.69) is 10.4 Å². The zero-order chi connectivity index (χ0) is 19.9. The van der Waals surface area contributed by atoms with E-state index in [-0.39, 0.29) is 24.3 Å². The SMILES string of the molecule is Cc1nn(C)c(C)c1CN(C)C(=O)CN1C(=O)N[C@@]2(CCCC[C@H]2C)C1=O. The second-order valence-corrected chi connectivity index (χ2v) is 7.96. The quantitative estimate of drug-likeness (QED) is 0.808. The summed E-state index contributed by atoms with van der Waals surface area (Å²) in [5, 5.41) is 7.25. The second kappa shape index (κ2) is 6.98. The Morgan fingerprint density at radius 1 is 1.33 bits per heavy atom. The largest absolute Gasteiger partial charge is 0.340 e. The standard InChI is InChI=1S/C19H29N5O3/c1-12-8-6-7-9-19(12)17(26)24(18(27)20-19)11-16(25)22(4)10-15-13(2)21-23(5)14(15)3/h12H,6-11H2,1-5H3,(H,20,27)/t12-,19-/m1/s1. The van der Waals surface area contributed by atoms with Crippen molar-refractivity contribution in [3.8, 4) is 0 Å². The summed E-state index contributed by atoms with van der Waals surface area (Å²) in [7, 11) is 3.55.